The van der Waals surface area contributed by atoms with Crippen molar-refractivity contribution in [1.82, 2.24) is 20.0 Å². The molecule has 0 spiro atoms. The normalized spacial score (nSPS) is 24.8. The fraction of sp³-hybridized carbons (Fsp3) is 0.938. The monoisotopic (exact) mass is 296 g/mol. The summed E-state index contributed by atoms with van der Waals surface area (Å²) in [6.07, 6.45) is 1.12. The molecule has 1 N–H and O–H groups in total. The van der Waals surface area contributed by atoms with Crippen LogP contribution in [0.4, 0.5) is 0 Å². The van der Waals surface area contributed by atoms with Crippen LogP contribution in [0.15, 0.2) is 0 Å². The van der Waals surface area contributed by atoms with E-state index in [1.54, 1.807) is 0 Å². The summed E-state index contributed by atoms with van der Waals surface area (Å²) in [5.41, 5.74) is -0.375. The third-order valence-corrected chi connectivity index (χ3v) is 5.21. The third kappa shape index (κ3) is 3.58. The van der Waals surface area contributed by atoms with Gasteiger partial charge in [0.2, 0.25) is 5.91 Å². The zero-order valence-corrected chi connectivity index (χ0v) is 14.2. The molecule has 0 aromatic heterocycles. The highest BCUT2D eigenvalue weighted by Crippen LogP contribution is 2.23. The molecule has 2 rings (SSSR count). The molecule has 2 aliphatic heterocycles. The average Bonchev–Trinajstić information content (AvgIpc) is 2.98. The first-order chi connectivity index (χ1) is 10.0. The number of likely N-dealkylation sites (tertiary alicyclic amines) is 1. The molecule has 0 bridgehead atoms. The summed E-state index contributed by atoms with van der Waals surface area (Å²) in [5.74, 6) is 0.305. The Labute approximate surface area is 129 Å². The molecule has 2 heterocycles. The summed E-state index contributed by atoms with van der Waals surface area (Å²) in [7, 11) is 0. The van der Waals surface area contributed by atoms with Gasteiger partial charge in [0.15, 0.2) is 0 Å². The molecular weight excluding hydrogens is 264 g/mol. The van der Waals surface area contributed by atoms with Crippen LogP contribution in [0.25, 0.3) is 0 Å². The molecule has 0 aromatic rings. The fourth-order valence-corrected chi connectivity index (χ4v) is 3.71. The van der Waals surface area contributed by atoms with Crippen molar-refractivity contribution in [2.75, 3.05) is 52.4 Å². The highest BCUT2D eigenvalue weighted by atomic mass is 16.2. The summed E-state index contributed by atoms with van der Waals surface area (Å²) in [6, 6.07) is 0.544. The van der Waals surface area contributed by atoms with Gasteiger partial charge >= 0.3 is 0 Å². The van der Waals surface area contributed by atoms with E-state index in [4.69, 9.17) is 0 Å². The van der Waals surface area contributed by atoms with E-state index in [1.807, 2.05) is 0 Å². The van der Waals surface area contributed by atoms with Gasteiger partial charge in [-0.25, -0.2) is 0 Å². The summed E-state index contributed by atoms with van der Waals surface area (Å²) < 4.78 is 0. The van der Waals surface area contributed by atoms with Crippen LogP contribution in [0.2, 0.25) is 0 Å². The summed E-state index contributed by atoms with van der Waals surface area (Å²) in [4.78, 5) is 19.9. The van der Waals surface area contributed by atoms with Gasteiger partial charge in [-0.1, -0.05) is 13.8 Å². The van der Waals surface area contributed by atoms with Crippen molar-refractivity contribution in [3.8, 4) is 0 Å². The first-order valence-electron chi connectivity index (χ1n) is 8.49. The Morgan fingerprint density at radius 2 is 1.81 bits per heavy atom. The van der Waals surface area contributed by atoms with E-state index in [-0.39, 0.29) is 5.54 Å². The molecule has 0 aromatic carbocycles. The molecule has 0 radical (unpaired) electrons. The first-order valence-corrected chi connectivity index (χ1v) is 8.49. The third-order valence-electron chi connectivity index (χ3n) is 5.21. The number of carbonyl (C=O) groups excluding carboxylic acids is 1. The predicted molar refractivity (Wildman–Crippen MR) is 86.4 cm³/mol. The molecule has 2 fully saturated rings. The minimum absolute atomic E-state index is 0.305. The van der Waals surface area contributed by atoms with Crippen LogP contribution < -0.4 is 5.32 Å². The second-order valence-corrected chi connectivity index (χ2v) is 6.71. The van der Waals surface area contributed by atoms with Crippen molar-refractivity contribution in [2.45, 2.75) is 45.7 Å². The van der Waals surface area contributed by atoms with Gasteiger partial charge in [0, 0.05) is 45.3 Å². The van der Waals surface area contributed by atoms with Crippen LogP contribution in [-0.2, 0) is 4.79 Å². The zero-order chi connectivity index (χ0) is 15.5. The van der Waals surface area contributed by atoms with E-state index < -0.39 is 0 Å². The Morgan fingerprint density at radius 1 is 1.19 bits per heavy atom. The van der Waals surface area contributed by atoms with Crippen LogP contribution in [0.1, 0.15) is 34.1 Å². The fourth-order valence-electron chi connectivity index (χ4n) is 3.71. The maximum absolute atomic E-state index is 13.0. The second-order valence-electron chi connectivity index (χ2n) is 6.71. The van der Waals surface area contributed by atoms with E-state index in [0.717, 1.165) is 58.8 Å². The molecule has 1 atom stereocenters. The maximum Gasteiger partial charge on any atom is 0.242 e. The Bertz CT molecular complexity index is 348. The lowest BCUT2D eigenvalue weighted by Gasteiger charge is -2.41. The SMILES string of the molecule is CCN(CC)C1CCN(C(=O)C(C)(C)N2CCNCC2)C1. The van der Waals surface area contributed by atoms with Gasteiger partial charge in [0.1, 0.15) is 0 Å². The first kappa shape index (κ1) is 16.7. The minimum Gasteiger partial charge on any atom is -0.339 e. The Morgan fingerprint density at radius 3 is 2.38 bits per heavy atom. The van der Waals surface area contributed by atoms with Crippen LogP contribution in [0.5, 0.6) is 0 Å². The number of carbonyl (C=O) groups is 1. The average molecular weight is 296 g/mol. The molecule has 5 nitrogen and oxygen atoms in total. The number of rotatable bonds is 5. The van der Waals surface area contributed by atoms with Gasteiger partial charge in [-0.3, -0.25) is 14.6 Å². The molecule has 122 valence electrons. The number of nitrogens with zero attached hydrogens (tertiary/aromatic N) is 3. The molecule has 1 amide bonds. The van der Waals surface area contributed by atoms with Gasteiger partial charge in [0.25, 0.3) is 0 Å². The number of nitrogens with one attached hydrogen (secondary N) is 1. The van der Waals surface area contributed by atoms with E-state index in [2.05, 4.69) is 47.7 Å². The topological polar surface area (TPSA) is 38.8 Å². The maximum atomic E-state index is 13.0. The van der Waals surface area contributed by atoms with Crippen molar-refractivity contribution in [3.05, 3.63) is 0 Å². The van der Waals surface area contributed by atoms with Gasteiger partial charge in [0.05, 0.1) is 5.54 Å². The molecule has 2 saturated heterocycles. The predicted octanol–water partition coefficient (Wildman–Crippen LogP) is 0.613. The minimum atomic E-state index is -0.375. The number of piperazine rings is 1. The molecule has 2 aliphatic rings. The largest absolute Gasteiger partial charge is 0.339 e. The smallest absolute Gasteiger partial charge is 0.242 e. The number of likely N-dealkylation sites (N-methyl/N-ethyl adjacent to an activating group) is 1. The lowest BCUT2D eigenvalue weighted by Crippen LogP contribution is -2.60. The van der Waals surface area contributed by atoms with Crippen LogP contribution in [-0.4, -0.2) is 84.5 Å². The number of hydrogen-bond acceptors (Lipinski definition) is 4. The van der Waals surface area contributed by atoms with Crippen molar-refractivity contribution in [1.29, 1.82) is 0 Å². The Hall–Kier alpha value is -0.650. The van der Waals surface area contributed by atoms with E-state index >= 15 is 0 Å². The van der Waals surface area contributed by atoms with Crippen molar-refractivity contribution in [3.63, 3.8) is 0 Å². The molecule has 1 unspecified atom stereocenters. The van der Waals surface area contributed by atoms with E-state index in [1.165, 1.54) is 0 Å². The molecule has 0 saturated carbocycles. The van der Waals surface area contributed by atoms with Crippen LogP contribution in [0.3, 0.4) is 0 Å². The molecule has 21 heavy (non-hydrogen) atoms. The van der Waals surface area contributed by atoms with E-state index in [9.17, 15) is 4.79 Å². The Balaban J connectivity index is 1.96. The van der Waals surface area contributed by atoms with E-state index in [0.29, 0.717) is 11.9 Å². The standard InChI is InChI=1S/C16H32N4O/c1-5-18(6-2)14-7-10-19(13-14)15(21)16(3,4)20-11-8-17-9-12-20/h14,17H,5-13H2,1-4H3. The second kappa shape index (κ2) is 7.07. The summed E-state index contributed by atoms with van der Waals surface area (Å²) in [6.45, 7) is 16.4. The number of amides is 1. The summed E-state index contributed by atoms with van der Waals surface area (Å²) in [5, 5.41) is 3.36. The van der Waals surface area contributed by atoms with Gasteiger partial charge in [-0.05, 0) is 33.4 Å². The quantitative estimate of drug-likeness (QED) is 0.807. The van der Waals surface area contributed by atoms with Crippen LogP contribution >= 0.6 is 0 Å². The lowest BCUT2D eigenvalue weighted by molar-refractivity contribution is -0.142. The number of hydrogen-bond donors (Lipinski definition) is 1. The van der Waals surface area contributed by atoms with Gasteiger partial charge < -0.3 is 10.2 Å². The Kier molecular flexibility index (Phi) is 5.63. The molecule has 5 heteroatoms. The van der Waals surface area contributed by atoms with Crippen molar-refractivity contribution >= 4 is 5.91 Å². The zero-order valence-electron chi connectivity index (χ0n) is 14.2. The summed E-state index contributed by atoms with van der Waals surface area (Å²) >= 11 is 0. The van der Waals surface area contributed by atoms with Crippen LogP contribution in [0, 0.1) is 0 Å². The highest BCUT2D eigenvalue weighted by molar-refractivity contribution is 5.85. The molecule has 0 aliphatic carbocycles. The van der Waals surface area contributed by atoms with Gasteiger partial charge in [-0.2, -0.15) is 0 Å². The van der Waals surface area contributed by atoms with Crippen molar-refractivity contribution < 1.29 is 4.79 Å². The van der Waals surface area contributed by atoms with Crippen molar-refractivity contribution in [2.24, 2.45) is 0 Å². The van der Waals surface area contributed by atoms with Gasteiger partial charge in [-0.15, -0.1) is 0 Å². The molecular formula is C16H32N4O. The lowest BCUT2D eigenvalue weighted by atomic mass is 9.99. The highest BCUT2D eigenvalue weighted by Gasteiger charge is 2.40.